The van der Waals surface area contributed by atoms with Gasteiger partial charge in [-0.25, -0.2) is 9.97 Å². The number of aromatic nitrogens is 2. The van der Waals surface area contributed by atoms with Crippen molar-refractivity contribution in [3.63, 3.8) is 0 Å². The normalized spacial score (nSPS) is 12.4. The van der Waals surface area contributed by atoms with Crippen LogP contribution in [0.1, 0.15) is 166 Å². The third kappa shape index (κ3) is 32.1. The number of likely N-dealkylation sites (N-methyl/N-ethyl adjacent to an activating group) is 3. The molecule has 2 aromatic heterocycles. The molecular weight excluding hydrogens is 1580 g/mol. The summed E-state index contributed by atoms with van der Waals surface area (Å²) in [7, 11) is 7.23. The number of carbonyl (C=O) groups is 7. The van der Waals surface area contributed by atoms with E-state index < -0.39 is 11.1 Å². The van der Waals surface area contributed by atoms with Crippen LogP contribution in [0, 0.1) is 48.5 Å². The second-order valence-electron chi connectivity index (χ2n) is 29.8. The van der Waals surface area contributed by atoms with E-state index in [2.05, 4.69) is 68.3 Å². The summed E-state index contributed by atoms with van der Waals surface area (Å²) in [4.78, 5) is 95.6. The number of phenols is 2. The van der Waals surface area contributed by atoms with Crippen LogP contribution in [-0.4, -0.2) is 149 Å². The van der Waals surface area contributed by atoms with E-state index in [0.29, 0.717) is 99.7 Å². The van der Waals surface area contributed by atoms with E-state index in [0.717, 1.165) is 115 Å². The number of phenolic OH excluding ortho intramolecular Hbond substituents is 2. The maximum atomic E-state index is 12.7. The minimum Gasteiger partial charge on any atom is -0.508 e. The maximum absolute atomic E-state index is 12.7. The molecular formula is C98H125ClN10O14. The van der Waals surface area contributed by atoms with Crippen molar-refractivity contribution in [3.8, 4) is 40.2 Å². The summed E-state index contributed by atoms with van der Waals surface area (Å²) in [5.41, 5.74) is 14.2. The number of halogens is 1. The molecule has 0 fully saturated rings. The minimum absolute atomic E-state index is 0. The third-order valence-corrected chi connectivity index (χ3v) is 19.2. The molecule has 0 atom stereocenters. The van der Waals surface area contributed by atoms with Crippen LogP contribution < -0.4 is 50.3 Å². The van der Waals surface area contributed by atoms with Gasteiger partial charge >= 0.3 is 0 Å². The SMILES string of the molecule is C=CC(=O)N(C)Cc1cccc(C)c1OCC.CCOc1c(C)cccc1C=O.CCOc1c(C)cccc1CN(C)C(=O)/C=C/c1cnc2c(c1)CNC(C)(C)C(=O)N2.CCOc1c(C)cccc1CN(C)C(=O)/C=C/c1cnc2c(c1)CNC(C)(C)C(=O)N2.CCOc1c(C)cccc1CNC.Cc1cccc(C=O)c1O.Cc1ccccc1O.Cl. The molecule has 25 heteroatoms. The van der Waals surface area contributed by atoms with Gasteiger partial charge in [0, 0.05) is 118 Å². The molecule has 658 valence electrons. The molecule has 123 heavy (non-hydrogen) atoms. The number of aromatic hydroxyl groups is 2. The molecule has 5 amide bonds. The van der Waals surface area contributed by atoms with Crippen molar-refractivity contribution in [2.24, 2.45) is 0 Å². The molecule has 11 rings (SSSR count). The number of carbonyl (C=O) groups excluding carboxylic acids is 7. The van der Waals surface area contributed by atoms with Crippen LogP contribution in [0.3, 0.4) is 0 Å². The molecule has 0 saturated carbocycles. The Hall–Kier alpha value is -12.5. The van der Waals surface area contributed by atoms with Crippen molar-refractivity contribution in [1.29, 1.82) is 0 Å². The highest BCUT2D eigenvalue weighted by atomic mass is 35.5. The van der Waals surface area contributed by atoms with Crippen LogP contribution in [0.4, 0.5) is 11.6 Å². The van der Waals surface area contributed by atoms with E-state index in [1.54, 1.807) is 97.6 Å². The summed E-state index contributed by atoms with van der Waals surface area (Å²) < 4.78 is 28.1. The second kappa shape index (κ2) is 52.0. The van der Waals surface area contributed by atoms with Gasteiger partial charge in [-0.3, -0.25) is 44.2 Å². The number of benzene rings is 7. The van der Waals surface area contributed by atoms with Crippen molar-refractivity contribution in [2.45, 2.75) is 161 Å². The number of amides is 5. The Morgan fingerprint density at radius 1 is 0.463 bits per heavy atom. The zero-order valence-corrected chi connectivity index (χ0v) is 75.8. The molecule has 0 aliphatic carbocycles. The first kappa shape index (κ1) is 103. The number of para-hydroxylation sites is 7. The first-order chi connectivity index (χ1) is 58.2. The minimum atomic E-state index is -0.675. The molecule has 9 aromatic rings. The lowest BCUT2D eigenvalue weighted by Crippen LogP contribution is -2.47. The highest BCUT2D eigenvalue weighted by Gasteiger charge is 2.32. The van der Waals surface area contributed by atoms with Crippen LogP contribution in [0.15, 0.2) is 183 Å². The zero-order valence-electron chi connectivity index (χ0n) is 75.0. The second-order valence-corrected chi connectivity index (χ2v) is 29.8. The van der Waals surface area contributed by atoms with Crippen LogP contribution in [0.5, 0.6) is 40.2 Å². The number of nitrogens with zero attached hydrogens (tertiary/aromatic N) is 5. The van der Waals surface area contributed by atoms with Gasteiger partial charge in [-0.05, 0) is 216 Å². The molecule has 0 spiro atoms. The average molecular weight is 1700 g/mol. The van der Waals surface area contributed by atoms with Gasteiger partial charge in [0.15, 0.2) is 12.6 Å². The van der Waals surface area contributed by atoms with Gasteiger partial charge in [0.2, 0.25) is 29.5 Å². The van der Waals surface area contributed by atoms with Gasteiger partial charge in [-0.15, -0.1) is 12.4 Å². The summed E-state index contributed by atoms with van der Waals surface area (Å²) in [6.07, 6.45) is 12.6. The summed E-state index contributed by atoms with van der Waals surface area (Å²) >= 11 is 0. The first-order valence-electron chi connectivity index (χ1n) is 40.7. The molecule has 4 heterocycles. The Bertz CT molecular complexity index is 4880. The van der Waals surface area contributed by atoms with Crippen LogP contribution in [0.25, 0.3) is 12.2 Å². The third-order valence-electron chi connectivity index (χ3n) is 19.2. The van der Waals surface area contributed by atoms with Gasteiger partial charge in [0.1, 0.15) is 51.9 Å². The van der Waals surface area contributed by atoms with Crippen LogP contribution in [-0.2, 0) is 63.2 Å². The highest BCUT2D eigenvalue weighted by molar-refractivity contribution is 5.99. The smallest absolute Gasteiger partial charge is 0.246 e. The molecule has 0 saturated heterocycles. The summed E-state index contributed by atoms with van der Waals surface area (Å²) in [5, 5.41) is 33.4. The fraction of sp³-hybridized carbons (Fsp3) is 0.337. The molecule has 2 aliphatic heterocycles. The molecule has 2 aliphatic rings. The van der Waals surface area contributed by atoms with Crippen LogP contribution in [0.2, 0.25) is 0 Å². The fourth-order valence-corrected chi connectivity index (χ4v) is 12.2. The molecule has 0 bridgehead atoms. The van der Waals surface area contributed by atoms with E-state index >= 15 is 0 Å². The topological polar surface area (TPSA) is 302 Å². The summed E-state index contributed by atoms with van der Waals surface area (Å²) in [6.45, 7) is 40.6. The lowest BCUT2D eigenvalue weighted by Gasteiger charge is -2.21. The number of aldehydes is 2. The highest BCUT2D eigenvalue weighted by Crippen LogP contribution is 2.31. The van der Waals surface area contributed by atoms with Gasteiger partial charge in [0.25, 0.3) is 0 Å². The number of rotatable bonds is 25. The summed E-state index contributed by atoms with van der Waals surface area (Å²) in [6, 6.07) is 45.8. The van der Waals surface area contributed by atoms with Crippen LogP contribution >= 0.6 is 12.4 Å². The van der Waals surface area contributed by atoms with E-state index in [-0.39, 0.29) is 47.7 Å². The number of pyridine rings is 2. The number of aryl methyl sites for hydroxylation is 7. The van der Waals surface area contributed by atoms with Crippen molar-refractivity contribution in [2.75, 3.05) is 71.9 Å². The van der Waals surface area contributed by atoms with Crippen molar-refractivity contribution in [1.82, 2.24) is 40.6 Å². The number of hydrogen-bond acceptors (Lipinski definition) is 19. The van der Waals surface area contributed by atoms with E-state index in [1.165, 1.54) is 29.4 Å². The predicted molar refractivity (Wildman–Crippen MR) is 493 cm³/mol. The molecule has 0 unspecified atom stereocenters. The van der Waals surface area contributed by atoms with E-state index in [1.807, 2.05) is 201 Å². The van der Waals surface area contributed by atoms with Gasteiger partial charge in [-0.2, -0.15) is 0 Å². The Kier molecular flexibility index (Phi) is 43.5. The number of anilines is 2. The standard InChI is InChI=1S/2C24H30N4O3.C14H19NO2.C11H17NO.C10H12O2.C8H8O2.C7H8O.ClH/c2*1-6-31-21-16(2)8-7-9-18(21)15-28(5)20(29)11-10-17-12-19-14-26-24(3,4)23(30)27-22(19)25-13-17;1-5-13(16)15(4)10-12-9-7-8-11(3)14(12)17-6-2;1-4-13-11-9(2)6-5-7-10(11)8-12-3;1-3-12-10-8(2)5-4-6-9(10)7-11;1-6-3-2-4-7(5-9)8(6)10;1-6-4-2-3-5-7(6)8;/h2*7-13,26H,6,14-15H2,1-5H3,(H,25,27,30);5,7-9H,1,6,10H2,2-4H3;5-7,12H,4,8H2,1-3H3;4-7H,3H2,1-2H3;2-5,10H,1H3;2-5,8H,1H3;1H/b2*11-10+;;;;;;. The first-order valence-corrected chi connectivity index (χ1v) is 40.7. The number of fused-ring (bicyclic) bond motifs is 2. The number of ether oxygens (including phenoxy) is 5. The predicted octanol–water partition coefficient (Wildman–Crippen LogP) is 17.1. The number of nitrogens with one attached hydrogen (secondary N) is 5. The fourth-order valence-electron chi connectivity index (χ4n) is 12.2. The molecule has 0 radical (unpaired) electrons. The van der Waals surface area contributed by atoms with Crippen molar-refractivity contribution >= 4 is 78.3 Å². The Balaban J connectivity index is 0.000000318. The van der Waals surface area contributed by atoms with Gasteiger partial charge in [-0.1, -0.05) is 122 Å². The van der Waals surface area contributed by atoms with E-state index in [9.17, 15) is 33.6 Å². The summed E-state index contributed by atoms with van der Waals surface area (Å²) in [5.74, 6) is 5.24. The Labute approximate surface area is 733 Å². The molecule has 24 nitrogen and oxygen atoms in total. The largest absolute Gasteiger partial charge is 0.508 e. The van der Waals surface area contributed by atoms with Crippen molar-refractivity contribution in [3.05, 3.63) is 277 Å². The van der Waals surface area contributed by atoms with Gasteiger partial charge in [0.05, 0.1) is 55.2 Å². The maximum Gasteiger partial charge on any atom is 0.246 e. The monoisotopic (exact) mass is 1700 g/mol. The van der Waals surface area contributed by atoms with E-state index in [4.69, 9.17) is 33.9 Å². The lowest BCUT2D eigenvalue weighted by atomic mass is 10.1. The Morgan fingerprint density at radius 3 is 1.13 bits per heavy atom. The quantitative estimate of drug-likeness (QED) is 0.0207. The zero-order chi connectivity index (χ0) is 90.2. The van der Waals surface area contributed by atoms with Gasteiger partial charge < -0.3 is 64.5 Å². The Morgan fingerprint density at radius 2 is 0.789 bits per heavy atom. The van der Waals surface area contributed by atoms with Crippen molar-refractivity contribution < 1.29 is 67.5 Å². The number of hydrogen-bond donors (Lipinski definition) is 7. The molecule has 7 aromatic carbocycles. The lowest BCUT2D eigenvalue weighted by molar-refractivity contribution is -0.126. The molecule has 7 N–H and O–H groups in total. The average Bonchev–Trinajstić information content (AvgIpc) is 1.65.